The molecule has 0 atom stereocenters. The average molecular weight is 249 g/mol. The lowest BCUT2D eigenvalue weighted by Gasteiger charge is -2.05. The van der Waals surface area contributed by atoms with Crippen molar-refractivity contribution < 1.29 is 13.6 Å². The lowest BCUT2D eigenvalue weighted by molar-refractivity contribution is 0.242. The van der Waals surface area contributed by atoms with Gasteiger partial charge >= 0.3 is 0 Å². The van der Waals surface area contributed by atoms with Crippen LogP contribution in [0.15, 0.2) is 59.5 Å². The smallest absolute Gasteiger partial charge is 0.262 e. The number of rotatable bonds is 3. The van der Waals surface area contributed by atoms with E-state index in [0.29, 0.717) is 0 Å². The zero-order valence-electron chi connectivity index (χ0n) is 8.87. The number of nitrogens with one attached hydrogen (secondary N) is 1. The summed E-state index contributed by atoms with van der Waals surface area (Å²) in [5.74, 6) is 0. The van der Waals surface area contributed by atoms with E-state index in [-0.39, 0.29) is 4.90 Å². The molecule has 0 aromatic heterocycles. The van der Waals surface area contributed by atoms with E-state index in [4.69, 9.17) is 5.21 Å². The van der Waals surface area contributed by atoms with Crippen LogP contribution in [0.25, 0.3) is 11.1 Å². The van der Waals surface area contributed by atoms with Crippen molar-refractivity contribution in [2.75, 3.05) is 0 Å². The van der Waals surface area contributed by atoms with Gasteiger partial charge in [-0.3, -0.25) is 0 Å². The highest BCUT2D eigenvalue weighted by molar-refractivity contribution is 7.89. The number of benzene rings is 2. The highest BCUT2D eigenvalue weighted by Crippen LogP contribution is 2.21. The van der Waals surface area contributed by atoms with Gasteiger partial charge < -0.3 is 5.21 Å². The minimum absolute atomic E-state index is 0.0290. The predicted octanol–water partition coefficient (Wildman–Crippen LogP) is 2.02. The Labute approximate surface area is 99.5 Å². The van der Waals surface area contributed by atoms with Crippen LogP contribution in [0.4, 0.5) is 0 Å². The fraction of sp³-hybridized carbons (Fsp3) is 0. The summed E-state index contributed by atoms with van der Waals surface area (Å²) in [5.41, 5.74) is 1.70. The highest BCUT2D eigenvalue weighted by atomic mass is 32.2. The van der Waals surface area contributed by atoms with Crippen molar-refractivity contribution in [2.45, 2.75) is 4.90 Å². The van der Waals surface area contributed by atoms with Gasteiger partial charge in [0.25, 0.3) is 10.0 Å². The van der Waals surface area contributed by atoms with E-state index >= 15 is 0 Å². The Morgan fingerprint density at radius 3 is 2.18 bits per heavy atom. The van der Waals surface area contributed by atoms with E-state index in [2.05, 4.69) is 0 Å². The van der Waals surface area contributed by atoms with Crippen molar-refractivity contribution in [2.24, 2.45) is 0 Å². The standard InChI is InChI=1S/C12H11NO3S/c14-13-17(15,16)12-8-4-7-11(9-12)10-5-2-1-3-6-10/h1-9,13-14H. The van der Waals surface area contributed by atoms with Gasteiger partial charge in [-0.1, -0.05) is 47.3 Å². The van der Waals surface area contributed by atoms with Crippen molar-refractivity contribution in [3.05, 3.63) is 54.6 Å². The Bertz CT molecular complexity index is 609. The fourth-order valence-electron chi connectivity index (χ4n) is 1.53. The molecule has 0 amide bonds. The second-order valence-electron chi connectivity index (χ2n) is 3.49. The third-order valence-electron chi connectivity index (χ3n) is 2.37. The van der Waals surface area contributed by atoms with Gasteiger partial charge in [-0.25, -0.2) is 8.42 Å². The zero-order chi connectivity index (χ0) is 12.3. The lowest BCUT2D eigenvalue weighted by Crippen LogP contribution is -2.19. The summed E-state index contributed by atoms with van der Waals surface area (Å²) >= 11 is 0. The fourth-order valence-corrected chi connectivity index (χ4v) is 2.17. The van der Waals surface area contributed by atoms with E-state index < -0.39 is 10.0 Å². The third-order valence-corrected chi connectivity index (χ3v) is 3.49. The summed E-state index contributed by atoms with van der Waals surface area (Å²) in [4.78, 5) is 1.34. The van der Waals surface area contributed by atoms with Crippen LogP contribution < -0.4 is 4.89 Å². The normalized spacial score (nSPS) is 11.4. The number of sulfonamides is 1. The second-order valence-corrected chi connectivity index (χ2v) is 5.15. The van der Waals surface area contributed by atoms with Crippen molar-refractivity contribution in [3.63, 3.8) is 0 Å². The molecule has 0 spiro atoms. The Morgan fingerprint density at radius 2 is 1.53 bits per heavy atom. The largest absolute Gasteiger partial charge is 0.302 e. The molecular formula is C12H11NO3S. The summed E-state index contributed by atoms with van der Waals surface area (Å²) in [5, 5.41) is 8.57. The summed E-state index contributed by atoms with van der Waals surface area (Å²) in [6.45, 7) is 0. The van der Waals surface area contributed by atoms with Gasteiger partial charge in [-0.05, 0) is 23.3 Å². The SMILES string of the molecule is O=S(=O)(NO)c1cccc(-c2ccccc2)c1. The molecule has 0 saturated heterocycles. The van der Waals surface area contributed by atoms with Crippen LogP contribution in [0.3, 0.4) is 0 Å². The molecule has 17 heavy (non-hydrogen) atoms. The molecule has 2 rings (SSSR count). The van der Waals surface area contributed by atoms with Gasteiger partial charge in [-0.2, -0.15) is 0 Å². The Balaban J connectivity index is 2.50. The molecule has 2 N–H and O–H groups in total. The minimum Gasteiger partial charge on any atom is -0.302 e. The van der Waals surface area contributed by atoms with E-state index in [1.165, 1.54) is 17.0 Å². The maximum Gasteiger partial charge on any atom is 0.262 e. The molecule has 0 aliphatic carbocycles. The molecule has 0 fully saturated rings. The Morgan fingerprint density at radius 1 is 0.882 bits per heavy atom. The van der Waals surface area contributed by atoms with Gasteiger partial charge in [0, 0.05) is 0 Å². The van der Waals surface area contributed by atoms with Crippen molar-refractivity contribution in [3.8, 4) is 11.1 Å². The van der Waals surface area contributed by atoms with Crippen molar-refractivity contribution in [1.82, 2.24) is 4.89 Å². The van der Waals surface area contributed by atoms with Crippen LogP contribution in [0.5, 0.6) is 0 Å². The molecule has 0 bridgehead atoms. The van der Waals surface area contributed by atoms with Crippen LogP contribution in [0.2, 0.25) is 0 Å². The van der Waals surface area contributed by atoms with E-state index in [0.717, 1.165) is 11.1 Å². The second kappa shape index (κ2) is 4.67. The molecule has 0 heterocycles. The average Bonchev–Trinajstić information content (AvgIpc) is 2.40. The predicted molar refractivity (Wildman–Crippen MR) is 64.0 cm³/mol. The monoisotopic (exact) mass is 249 g/mol. The van der Waals surface area contributed by atoms with E-state index in [1.54, 1.807) is 6.07 Å². The lowest BCUT2D eigenvalue weighted by atomic mass is 10.1. The topological polar surface area (TPSA) is 66.4 Å². The van der Waals surface area contributed by atoms with Crippen LogP contribution in [0, 0.1) is 0 Å². The summed E-state index contributed by atoms with van der Waals surface area (Å²) in [7, 11) is -3.82. The third kappa shape index (κ3) is 2.52. The molecule has 0 saturated carbocycles. The van der Waals surface area contributed by atoms with Crippen LogP contribution in [-0.4, -0.2) is 13.6 Å². The quantitative estimate of drug-likeness (QED) is 0.818. The zero-order valence-corrected chi connectivity index (χ0v) is 9.68. The van der Waals surface area contributed by atoms with Crippen LogP contribution in [-0.2, 0) is 10.0 Å². The molecule has 0 aliphatic heterocycles. The van der Waals surface area contributed by atoms with Gasteiger partial charge in [-0.15, -0.1) is 0 Å². The van der Waals surface area contributed by atoms with Crippen LogP contribution in [0.1, 0.15) is 0 Å². The van der Waals surface area contributed by atoms with Gasteiger partial charge in [0.1, 0.15) is 0 Å². The Kier molecular flexibility index (Phi) is 3.23. The minimum atomic E-state index is -3.82. The summed E-state index contributed by atoms with van der Waals surface area (Å²) in [6.07, 6.45) is 0. The van der Waals surface area contributed by atoms with Gasteiger partial charge in [0.15, 0.2) is 0 Å². The highest BCUT2D eigenvalue weighted by Gasteiger charge is 2.12. The van der Waals surface area contributed by atoms with Crippen molar-refractivity contribution >= 4 is 10.0 Å². The maximum atomic E-state index is 11.4. The molecule has 0 unspecified atom stereocenters. The first-order valence-corrected chi connectivity index (χ1v) is 6.43. The molecule has 0 aliphatic rings. The maximum absolute atomic E-state index is 11.4. The first-order valence-electron chi connectivity index (χ1n) is 4.95. The first-order chi connectivity index (χ1) is 8.13. The summed E-state index contributed by atoms with van der Waals surface area (Å²) in [6, 6.07) is 15.8. The first kappa shape index (κ1) is 11.8. The number of hydrogen-bond donors (Lipinski definition) is 2. The molecule has 88 valence electrons. The van der Waals surface area contributed by atoms with Crippen molar-refractivity contribution in [1.29, 1.82) is 0 Å². The molecule has 4 nitrogen and oxygen atoms in total. The summed E-state index contributed by atoms with van der Waals surface area (Å²) < 4.78 is 22.8. The number of hydrogen-bond acceptors (Lipinski definition) is 3. The molecule has 2 aromatic rings. The molecule has 5 heteroatoms. The van der Waals surface area contributed by atoms with E-state index in [9.17, 15) is 8.42 Å². The molecular weight excluding hydrogens is 238 g/mol. The molecule has 0 radical (unpaired) electrons. The van der Waals surface area contributed by atoms with Gasteiger partial charge in [0.2, 0.25) is 0 Å². The van der Waals surface area contributed by atoms with E-state index in [1.807, 2.05) is 36.4 Å². The van der Waals surface area contributed by atoms with Crippen LogP contribution >= 0.6 is 0 Å². The molecule has 2 aromatic carbocycles. The van der Waals surface area contributed by atoms with Gasteiger partial charge in [0.05, 0.1) is 4.90 Å². The Hall–Kier alpha value is -1.69.